The second-order valence-corrected chi connectivity index (χ2v) is 7.99. The van der Waals surface area contributed by atoms with E-state index in [1.54, 1.807) is 0 Å². The van der Waals surface area contributed by atoms with E-state index in [1.165, 1.54) is 12.3 Å². The van der Waals surface area contributed by atoms with Gasteiger partial charge in [-0.15, -0.1) is 0 Å². The topological polar surface area (TPSA) is 101 Å². The van der Waals surface area contributed by atoms with E-state index in [1.807, 2.05) is 0 Å². The van der Waals surface area contributed by atoms with Crippen LogP contribution in [0.5, 0.6) is 0 Å². The second-order valence-electron chi connectivity index (χ2n) is 7.99. The van der Waals surface area contributed by atoms with Crippen molar-refractivity contribution in [1.82, 2.24) is 19.9 Å². The predicted molar refractivity (Wildman–Crippen MR) is 109 cm³/mol. The average molecular weight is 450 g/mol. The third-order valence-corrected chi connectivity index (χ3v) is 5.76. The molecule has 3 N–H and O–H groups in total. The van der Waals surface area contributed by atoms with Gasteiger partial charge >= 0.3 is 6.18 Å². The number of benzene rings is 1. The Morgan fingerprint density at radius 2 is 2.00 bits per heavy atom. The second kappa shape index (κ2) is 8.71. The zero-order valence-electron chi connectivity index (χ0n) is 17.1. The van der Waals surface area contributed by atoms with Crippen LogP contribution in [0.2, 0.25) is 0 Å². The van der Waals surface area contributed by atoms with E-state index in [4.69, 9.17) is 5.73 Å². The number of halogens is 4. The van der Waals surface area contributed by atoms with Gasteiger partial charge in [0.05, 0.1) is 23.0 Å². The largest absolute Gasteiger partial charge is 0.434 e. The number of alkyl halides is 3. The number of aryl methyl sites for hydroxylation is 1. The van der Waals surface area contributed by atoms with Gasteiger partial charge in [0.1, 0.15) is 11.3 Å². The van der Waals surface area contributed by atoms with Crippen LogP contribution < -0.4 is 10.6 Å². The van der Waals surface area contributed by atoms with Crippen LogP contribution in [0.3, 0.4) is 0 Å². The summed E-state index contributed by atoms with van der Waals surface area (Å²) in [6.45, 7) is 1.45. The number of nitrogens with two attached hydrogens (primary N) is 1. The van der Waals surface area contributed by atoms with Gasteiger partial charge in [0.15, 0.2) is 5.69 Å². The summed E-state index contributed by atoms with van der Waals surface area (Å²) in [6, 6.07) is 2.36. The molecule has 1 unspecified atom stereocenters. The maximum atomic E-state index is 13.8. The third-order valence-electron chi connectivity index (χ3n) is 5.76. The molecule has 0 radical (unpaired) electrons. The molecule has 0 bridgehead atoms. The molecule has 7 nitrogen and oxygen atoms in total. The molecule has 1 amide bonds. The van der Waals surface area contributed by atoms with Crippen molar-refractivity contribution in [3.05, 3.63) is 47.3 Å². The number of nitrogens with one attached hydrogen (secondary N) is 1. The first-order valence-electron chi connectivity index (χ1n) is 10.3. The highest BCUT2D eigenvalue weighted by molar-refractivity contribution is 6.04. The van der Waals surface area contributed by atoms with Crippen molar-refractivity contribution in [3.8, 4) is 0 Å². The van der Waals surface area contributed by atoms with E-state index in [-0.39, 0.29) is 5.56 Å². The highest BCUT2D eigenvalue weighted by Gasteiger charge is 2.32. The molecule has 3 heterocycles. The Morgan fingerprint density at radius 1 is 1.19 bits per heavy atom. The number of anilines is 1. The molecule has 1 aliphatic rings. The third kappa shape index (κ3) is 4.81. The maximum absolute atomic E-state index is 13.8. The van der Waals surface area contributed by atoms with E-state index >= 15 is 0 Å². The first-order valence-corrected chi connectivity index (χ1v) is 10.3. The summed E-state index contributed by atoms with van der Waals surface area (Å²) in [7, 11) is 0. The number of fused-ring (bicyclic) bond motifs is 1. The Bertz CT molecular complexity index is 1110. The van der Waals surface area contributed by atoms with Crippen LogP contribution in [-0.2, 0) is 12.6 Å². The lowest BCUT2D eigenvalue weighted by Gasteiger charge is -2.19. The minimum absolute atomic E-state index is 0.0350. The molecule has 11 heteroatoms. The van der Waals surface area contributed by atoms with Crippen LogP contribution in [0.15, 0.2) is 24.5 Å². The molecule has 1 aromatic carbocycles. The number of carbonyl (C=O) groups excluding carboxylic acids is 1. The van der Waals surface area contributed by atoms with Gasteiger partial charge in [0, 0.05) is 19.3 Å². The lowest BCUT2D eigenvalue weighted by Crippen LogP contribution is -2.25. The number of hydrogen-bond donors (Lipinski definition) is 2. The number of carbonyl (C=O) groups is 1. The molecule has 3 aromatic rings. The molecule has 4 rings (SSSR count). The highest BCUT2D eigenvalue weighted by atomic mass is 19.4. The van der Waals surface area contributed by atoms with Crippen LogP contribution in [0.1, 0.15) is 47.4 Å². The Balaban J connectivity index is 1.39. The Hall–Kier alpha value is -3.24. The van der Waals surface area contributed by atoms with Gasteiger partial charge in [-0.25, -0.2) is 14.4 Å². The summed E-state index contributed by atoms with van der Waals surface area (Å²) in [5.74, 6) is -0.368. The molecular formula is C21H22F4N6O. The Labute approximate surface area is 181 Å². The van der Waals surface area contributed by atoms with Crippen LogP contribution in [0.25, 0.3) is 11.0 Å². The quantitative estimate of drug-likeness (QED) is 0.575. The lowest BCUT2D eigenvalue weighted by molar-refractivity contribution is -0.141. The number of rotatable bonds is 5. The van der Waals surface area contributed by atoms with Gasteiger partial charge in [0.25, 0.3) is 5.91 Å². The highest BCUT2D eigenvalue weighted by Crippen LogP contribution is 2.28. The SMILES string of the molecule is NC(=O)c1cc(F)cc2[nH]c(N3CCCC(CCc4cnc(C(F)(F)F)cn4)CC3)nc12. The first-order chi connectivity index (χ1) is 15.2. The fourth-order valence-corrected chi connectivity index (χ4v) is 4.05. The molecule has 0 spiro atoms. The number of amides is 1. The summed E-state index contributed by atoms with van der Waals surface area (Å²) < 4.78 is 51.6. The molecule has 32 heavy (non-hydrogen) atoms. The summed E-state index contributed by atoms with van der Waals surface area (Å²) in [5.41, 5.74) is 5.69. The van der Waals surface area contributed by atoms with Crippen LogP contribution in [0, 0.1) is 11.7 Å². The molecule has 0 saturated carbocycles. The fourth-order valence-electron chi connectivity index (χ4n) is 4.05. The lowest BCUT2D eigenvalue weighted by atomic mass is 9.94. The molecule has 0 aliphatic carbocycles. The van der Waals surface area contributed by atoms with Gasteiger partial charge in [-0.2, -0.15) is 13.2 Å². The normalized spacial score (nSPS) is 17.5. The summed E-state index contributed by atoms with van der Waals surface area (Å²) >= 11 is 0. The summed E-state index contributed by atoms with van der Waals surface area (Å²) in [4.78, 5) is 28.6. The van der Waals surface area contributed by atoms with E-state index in [9.17, 15) is 22.4 Å². The van der Waals surface area contributed by atoms with E-state index < -0.39 is 23.6 Å². The van der Waals surface area contributed by atoms with E-state index in [0.717, 1.165) is 44.5 Å². The molecule has 2 aromatic heterocycles. The number of aromatic amines is 1. The molecule has 1 aliphatic heterocycles. The van der Waals surface area contributed by atoms with Gasteiger partial charge in [0.2, 0.25) is 5.95 Å². The number of H-pyrrole nitrogens is 1. The summed E-state index contributed by atoms with van der Waals surface area (Å²) in [5, 5.41) is 0. The van der Waals surface area contributed by atoms with Crippen molar-refractivity contribution in [2.45, 2.75) is 38.3 Å². The average Bonchev–Trinajstić information content (AvgIpc) is 3.01. The zero-order valence-corrected chi connectivity index (χ0v) is 17.1. The molecular weight excluding hydrogens is 428 g/mol. The maximum Gasteiger partial charge on any atom is 0.434 e. The Kier molecular flexibility index (Phi) is 5.98. The molecule has 170 valence electrons. The van der Waals surface area contributed by atoms with Gasteiger partial charge < -0.3 is 15.6 Å². The molecule has 1 atom stereocenters. The number of hydrogen-bond acceptors (Lipinski definition) is 5. The van der Waals surface area contributed by atoms with Gasteiger partial charge in [-0.3, -0.25) is 9.78 Å². The predicted octanol–water partition coefficient (Wildman–Crippen LogP) is 3.85. The first kappa shape index (κ1) is 22.0. The summed E-state index contributed by atoms with van der Waals surface area (Å²) in [6.07, 6.45) is 1.56. The van der Waals surface area contributed by atoms with Gasteiger partial charge in [-0.05, 0) is 50.2 Å². The standard InChI is InChI=1S/C21H22F4N6O/c22-13-8-15(19(26)32)18-16(9-13)29-20(30-18)31-6-1-2-12(5-7-31)3-4-14-10-28-17(11-27-14)21(23,24)25/h8-12H,1-7H2,(H2,26,32)(H,29,30). The number of primary amides is 1. The van der Waals surface area contributed by atoms with Crippen LogP contribution in [-0.4, -0.2) is 38.9 Å². The fraction of sp³-hybridized carbons (Fsp3) is 0.429. The van der Waals surface area contributed by atoms with Gasteiger partial charge in [-0.1, -0.05) is 0 Å². The number of imidazole rings is 1. The molecule has 1 saturated heterocycles. The smallest absolute Gasteiger partial charge is 0.366 e. The van der Waals surface area contributed by atoms with Crippen molar-refractivity contribution >= 4 is 22.9 Å². The minimum Gasteiger partial charge on any atom is -0.366 e. The minimum atomic E-state index is -4.49. The van der Waals surface area contributed by atoms with E-state index in [0.29, 0.717) is 41.6 Å². The Morgan fingerprint density at radius 3 is 2.69 bits per heavy atom. The van der Waals surface area contributed by atoms with Crippen molar-refractivity contribution < 1.29 is 22.4 Å². The van der Waals surface area contributed by atoms with Crippen LogP contribution in [0.4, 0.5) is 23.5 Å². The van der Waals surface area contributed by atoms with Crippen LogP contribution >= 0.6 is 0 Å². The number of aromatic nitrogens is 4. The van der Waals surface area contributed by atoms with Crippen molar-refractivity contribution in [1.29, 1.82) is 0 Å². The van der Waals surface area contributed by atoms with E-state index in [2.05, 4.69) is 24.8 Å². The molecule has 1 fully saturated rings. The monoisotopic (exact) mass is 450 g/mol. The van der Waals surface area contributed by atoms with Crippen molar-refractivity contribution in [2.24, 2.45) is 11.7 Å². The number of nitrogens with zero attached hydrogens (tertiary/aromatic N) is 4. The van der Waals surface area contributed by atoms with Crippen molar-refractivity contribution in [2.75, 3.05) is 18.0 Å². The van der Waals surface area contributed by atoms with Crippen molar-refractivity contribution in [3.63, 3.8) is 0 Å². The zero-order chi connectivity index (χ0) is 22.9.